The van der Waals surface area contributed by atoms with Crippen LogP contribution in [0.25, 0.3) is 0 Å². The van der Waals surface area contributed by atoms with Crippen molar-refractivity contribution in [3.63, 3.8) is 0 Å². The lowest BCUT2D eigenvalue weighted by atomic mass is 10.1. The Balaban J connectivity index is 2.49. The average molecular weight is 296 g/mol. The van der Waals surface area contributed by atoms with Gasteiger partial charge in [0.1, 0.15) is 0 Å². The smallest absolute Gasteiger partial charge is 0.389 e. The van der Waals surface area contributed by atoms with Gasteiger partial charge in [-0.25, -0.2) is 4.79 Å². The molecule has 0 fully saturated rings. The Kier molecular flexibility index (Phi) is 5.47. The van der Waals surface area contributed by atoms with Gasteiger partial charge in [-0.1, -0.05) is 11.6 Å². The molecule has 106 valence electrons. The molecule has 0 saturated carbocycles. The van der Waals surface area contributed by atoms with Crippen LogP contribution in [0.4, 0.5) is 18.9 Å². The van der Waals surface area contributed by atoms with Crippen molar-refractivity contribution in [3.05, 3.63) is 28.8 Å². The second-order valence-corrected chi connectivity index (χ2v) is 4.43. The zero-order chi connectivity index (χ0) is 14.5. The van der Waals surface area contributed by atoms with Crippen molar-refractivity contribution in [1.29, 1.82) is 0 Å². The van der Waals surface area contributed by atoms with Crippen LogP contribution in [-0.4, -0.2) is 23.8 Å². The van der Waals surface area contributed by atoms with Crippen molar-refractivity contribution >= 4 is 23.3 Å². The van der Waals surface area contributed by atoms with Crippen molar-refractivity contribution < 1.29 is 23.1 Å². The fourth-order valence-corrected chi connectivity index (χ4v) is 1.69. The summed E-state index contributed by atoms with van der Waals surface area (Å²) in [6.07, 6.45) is -4.69. The first-order chi connectivity index (χ1) is 8.79. The Morgan fingerprint density at radius 2 is 2.00 bits per heavy atom. The van der Waals surface area contributed by atoms with Gasteiger partial charge in [-0.05, 0) is 31.0 Å². The Bertz CT molecular complexity index is 449. The number of aromatic carboxylic acids is 1. The maximum Gasteiger partial charge on any atom is 0.389 e. The molecule has 0 amide bonds. The summed E-state index contributed by atoms with van der Waals surface area (Å²) < 4.78 is 35.7. The molecule has 19 heavy (non-hydrogen) atoms. The first-order valence-corrected chi connectivity index (χ1v) is 6.01. The number of benzene rings is 1. The van der Waals surface area contributed by atoms with E-state index in [0.29, 0.717) is 17.1 Å². The fourth-order valence-electron chi connectivity index (χ4n) is 1.52. The molecule has 2 N–H and O–H groups in total. The van der Waals surface area contributed by atoms with Crippen LogP contribution in [0.1, 0.15) is 29.6 Å². The highest BCUT2D eigenvalue weighted by Crippen LogP contribution is 2.23. The van der Waals surface area contributed by atoms with Gasteiger partial charge in [0.05, 0.1) is 11.3 Å². The van der Waals surface area contributed by atoms with E-state index in [0.717, 1.165) is 0 Å². The fraction of sp³-hybridized carbons (Fsp3) is 0.417. The number of hydrogen-bond acceptors (Lipinski definition) is 2. The number of hydrogen-bond donors (Lipinski definition) is 2. The van der Waals surface area contributed by atoms with Gasteiger partial charge in [0.25, 0.3) is 0 Å². The van der Waals surface area contributed by atoms with E-state index in [2.05, 4.69) is 5.32 Å². The van der Waals surface area contributed by atoms with Crippen molar-refractivity contribution in [2.75, 3.05) is 11.9 Å². The minimum atomic E-state index is -4.15. The van der Waals surface area contributed by atoms with Crippen LogP contribution >= 0.6 is 11.6 Å². The molecular formula is C12H13ClF3NO2. The second-order valence-electron chi connectivity index (χ2n) is 3.99. The second kappa shape index (κ2) is 6.65. The van der Waals surface area contributed by atoms with E-state index in [9.17, 15) is 18.0 Å². The number of carboxylic acids is 1. The largest absolute Gasteiger partial charge is 0.478 e. The number of carbonyl (C=O) groups is 1. The van der Waals surface area contributed by atoms with Gasteiger partial charge in [0, 0.05) is 18.0 Å². The number of anilines is 1. The summed E-state index contributed by atoms with van der Waals surface area (Å²) in [7, 11) is 0. The molecule has 1 aromatic carbocycles. The molecule has 0 atom stereocenters. The van der Waals surface area contributed by atoms with Gasteiger partial charge < -0.3 is 10.4 Å². The molecular weight excluding hydrogens is 283 g/mol. The monoisotopic (exact) mass is 295 g/mol. The minimum Gasteiger partial charge on any atom is -0.478 e. The van der Waals surface area contributed by atoms with E-state index in [-0.39, 0.29) is 18.5 Å². The summed E-state index contributed by atoms with van der Waals surface area (Å²) in [6.45, 7) is 0.261. The predicted molar refractivity (Wildman–Crippen MR) is 66.8 cm³/mol. The molecule has 0 aliphatic heterocycles. The van der Waals surface area contributed by atoms with Gasteiger partial charge in [-0.3, -0.25) is 0 Å². The molecule has 0 radical (unpaired) electrons. The summed E-state index contributed by atoms with van der Waals surface area (Å²) in [4.78, 5) is 10.9. The van der Waals surface area contributed by atoms with Crippen molar-refractivity contribution in [1.82, 2.24) is 0 Å². The Morgan fingerprint density at radius 1 is 1.32 bits per heavy atom. The van der Waals surface area contributed by atoms with Crippen molar-refractivity contribution in [2.24, 2.45) is 0 Å². The van der Waals surface area contributed by atoms with E-state index < -0.39 is 18.6 Å². The number of nitrogens with one attached hydrogen (secondary N) is 1. The predicted octanol–water partition coefficient (Wildman–Crippen LogP) is 4.18. The van der Waals surface area contributed by atoms with E-state index in [4.69, 9.17) is 16.7 Å². The molecule has 1 aromatic rings. The third-order valence-corrected chi connectivity index (χ3v) is 2.65. The molecule has 0 aromatic heterocycles. The highest BCUT2D eigenvalue weighted by molar-refractivity contribution is 6.31. The molecule has 7 heteroatoms. The molecule has 0 unspecified atom stereocenters. The molecule has 0 aliphatic rings. The van der Waals surface area contributed by atoms with Gasteiger partial charge in [-0.15, -0.1) is 0 Å². The van der Waals surface area contributed by atoms with Gasteiger partial charge in [0.2, 0.25) is 0 Å². The molecule has 1 rings (SSSR count). The number of unbranched alkanes of at least 4 members (excludes halogenated alkanes) is 1. The third-order valence-electron chi connectivity index (χ3n) is 2.41. The maximum absolute atomic E-state index is 11.9. The van der Waals surface area contributed by atoms with Crippen LogP contribution in [-0.2, 0) is 0 Å². The van der Waals surface area contributed by atoms with Gasteiger partial charge in [0.15, 0.2) is 0 Å². The molecule has 0 spiro atoms. The van der Waals surface area contributed by atoms with Crippen molar-refractivity contribution in [3.8, 4) is 0 Å². The standard InChI is InChI=1S/C12H13ClF3NO2/c13-8-3-4-9(11(18)19)10(7-8)17-6-2-1-5-12(14,15)16/h3-4,7,17H,1-2,5-6H2,(H,18,19). The number of rotatable bonds is 6. The SMILES string of the molecule is O=C(O)c1ccc(Cl)cc1NCCCCC(F)(F)F. The van der Waals surface area contributed by atoms with E-state index in [1.807, 2.05) is 0 Å². The summed E-state index contributed by atoms with van der Waals surface area (Å²) >= 11 is 5.74. The highest BCUT2D eigenvalue weighted by atomic mass is 35.5. The maximum atomic E-state index is 11.9. The van der Waals surface area contributed by atoms with Crippen molar-refractivity contribution in [2.45, 2.75) is 25.4 Å². The summed E-state index contributed by atoms with van der Waals surface area (Å²) in [5.74, 6) is -1.12. The van der Waals surface area contributed by atoms with E-state index in [1.165, 1.54) is 18.2 Å². The summed E-state index contributed by atoms with van der Waals surface area (Å²) in [5, 5.41) is 12.1. The minimum absolute atomic E-state index is 0.000525. The molecule has 0 heterocycles. The Morgan fingerprint density at radius 3 is 2.58 bits per heavy atom. The van der Waals surface area contributed by atoms with Crippen LogP contribution < -0.4 is 5.32 Å². The number of halogens is 4. The zero-order valence-corrected chi connectivity index (χ0v) is 10.7. The first-order valence-electron chi connectivity index (χ1n) is 5.63. The van der Waals surface area contributed by atoms with Crippen LogP contribution in [0.5, 0.6) is 0 Å². The number of alkyl halides is 3. The third kappa shape index (κ3) is 5.83. The average Bonchev–Trinajstić information content (AvgIpc) is 2.26. The highest BCUT2D eigenvalue weighted by Gasteiger charge is 2.25. The molecule has 0 bridgehead atoms. The van der Waals surface area contributed by atoms with Crippen LogP contribution in [0, 0.1) is 0 Å². The normalized spacial score (nSPS) is 11.4. The van der Waals surface area contributed by atoms with Gasteiger partial charge in [-0.2, -0.15) is 13.2 Å². The topological polar surface area (TPSA) is 49.3 Å². The van der Waals surface area contributed by atoms with E-state index >= 15 is 0 Å². The quantitative estimate of drug-likeness (QED) is 0.774. The lowest BCUT2D eigenvalue weighted by Gasteiger charge is -2.10. The van der Waals surface area contributed by atoms with Crippen LogP contribution in [0.2, 0.25) is 5.02 Å². The van der Waals surface area contributed by atoms with Crippen LogP contribution in [0.3, 0.4) is 0 Å². The Labute approximate surface area is 113 Å². The molecule has 0 aliphatic carbocycles. The Hall–Kier alpha value is -1.43. The van der Waals surface area contributed by atoms with Gasteiger partial charge >= 0.3 is 12.1 Å². The summed E-state index contributed by atoms with van der Waals surface area (Å²) in [6, 6.07) is 4.23. The zero-order valence-electron chi connectivity index (χ0n) is 9.93. The summed E-state index contributed by atoms with van der Waals surface area (Å²) in [5.41, 5.74) is 0.354. The van der Waals surface area contributed by atoms with E-state index in [1.54, 1.807) is 0 Å². The molecule has 3 nitrogen and oxygen atoms in total. The first kappa shape index (κ1) is 15.6. The molecule has 0 saturated heterocycles. The number of carboxylic acid groups (broad SMARTS) is 1. The van der Waals surface area contributed by atoms with Crippen LogP contribution in [0.15, 0.2) is 18.2 Å². The lowest BCUT2D eigenvalue weighted by molar-refractivity contribution is -0.135. The lowest BCUT2D eigenvalue weighted by Crippen LogP contribution is -2.10.